The minimum Gasteiger partial charge on any atom is -0.394 e. The van der Waals surface area contributed by atoms with E-state index in [0.29, 0.717) is 5.56 Å². The SMILES string of the molecule is CC(C)CC1NC(=O)C(Cc2ccccc2)NC(=O)[C@H](CCN)NC(=O)C(NC(=O)[C@H](CCN)NC(=O)[C@@H](NC(=O)[C@H](CCN)NC(=O)[C@@H](N)CO)[C@@H](C)O)CCNC(=O)[C@H]([C@@H](C)O)NC(=O)[C@H](CCN)NC(=O)C(CCN)NC1=O. The molecule has 0 spiro atoms. The van der Waals surface area contributed by atoms with Crippen molar-refractivity contribution in [3.05, 3.63) is 35.9 Å². The van der Waals surface area contributed by atoms with Gasteiger partial charge in [-0.25, -0.2) is 0 Å². The van der Waals surface area contributed by atoms with Gasteiger partial charge in [-0.05, 0) is 103 Å². The number of aliphatic hydroxyl groups excluding tert-OH is 3. The molecule has 0 saturated carbocycles. The van der Waals surface area contributed by atoms with E-state index in [1.165, 1.54) is 6.92 Å². The highest BCUT2D eigenvalue weighted by molar-refractivity contribution is 5.99. The molecule has 31 nitrogen and oxygen atoms in total. The molecule has 26 N–H and O–H groups in total. The molecule has 1 aliphatic rings. The molecule has 0 radical (unpaired) electrons. The van der Waals surface area contributed by atoms with Gasteiger partial charge >= 0.3 is 0 Å². The Balaban J connectivity index is 2.73. The van der Waals surface area contributed by atoms with Crippen LogP contribution < -0.4 is 92.9 Å². The maximum atomic E-state index is 14.5. The number of nitrogens with two attached hydrogens (primary N) is 6. The molecular weight excluding hydrogens is 1060 g/mol. The summed E-state index contributed by atoms with van der Waals surface area (Å²) in [4.78, 5) is 152. The van der Waals surface area contributed by atoms with Gasteiger partial charge in [0, 0.05) is 13.0 Å². The van der Waals surface area contributed by atoms with Crippen LogP contribution in [0, 0.1) is 5.92 Å². The maximum Gasteiger partial charge on any atom is 0.245 e. The standard InChI is InChI=1S/C50H87N17O14/c1-25(2)22-36-47(78)61-30(10-16-51)41(72)60-34(14-20-55)46(77)66-38(26(3)69)49(80)57-21-15-35(44(75)59-31(11-17-52)43(74)65-37(48(79)64-36)23-28-8-6-5-7-9-28)62-42(73)32(12-18-53)63-50(81)39(27(4)70)67-45(76)33(13-19-54)58-40(71)29(56)24-68/h5-9,25-27,29-39,68-70H,10-24,51-56H2,1-4H3,(H,57,80)(H,58,71)(H,59,75)(H,60,72)(H,61,78)(H,62,73)(H,63,81)(H,64,79)(H,65,74)(H,66,77)(H,67,76)/t26-,27-,29+,30?,31+,32+,33+,34+,35?,36?,37?,38+,39+/m1/s1. The average molecular weight is 1150 g/mol. The van der Waals surface area contributed by atoms with Crippen LogP contribution >= 0.6 is 0 Å². The molecule has 31 heteroatoms. The number of nitrogens with one attached hydrogen (secondary N) is 11. The van der Waals surface area contributed by atoms with E-state index in [9.17, 15) is 68.1 Å². The number of hydrogen-bond acceptors (Lipinski definition) is 20. The number of amides is 11. The van der Waals surface area contributed by atoms with Crippen molar-refractivity contribution in [2.75, 3.05) is 45.9 Å². The largest absolute Gasteiger partial charge is 0.394 e. The first-order chi connectivity index (χ1) is 38.3. The van der Waals surface area contributed by atoms with Crippen molar-refractivity contribution in [2.45, 2.75) is 158 Å². The fourth-order valence-electron chi connectivity index (χ4n) is 8.23. The molecule has 1 aromatic carbocycles. The summed E-state index contributed by atoms with van der Waals surface area (Å²) in [5.41, 5.74) is 35.2. The van der Waals surface area contributed by atoms with Gasteiger partial charge in [0.05, 0.1) is 18.8 Å². The van der Waals surface area contributed by atoms with Gasteiger partial charge in [0.1, 0.15) is 66.5 Å². The van der Waals surface area contributed by atoms with Crippen LogP contribution in [0.15, 0.2) is 30.3 Å². The first kappa shape index (κ1) is 70.1. The molecule has 1 saturated heterocycles. The zero-order valence-electron chi connectivity index (χ0n) is 46.4. The molecule has 1 aliphatic heterocycles. The van der Waals surface area contributed by atoms with Crippen molar-refractivity contribution < 1.29 is 68.1 Å². The number of carbonyl (C=O) groups excluding carboxylic acids is 11. The Kier molecular flexibility index (Phi) is 31.5. The molecule has 1 heterocycles. The van der Waals surface area contributed by atoms with Gasteiger partial charge in [-0.3, -0.25) is 52.7 Å². The van der Waals surface area contributed by atoms with E-state index < -0.39 is 163 Å². The third-order valence-electron chi connectivity index (χ3n) is 12.7. The predicted molar refractivity (Wildman–Crippen MR) is 293 cm³/mol. The quantitative estimate of drug-likeness (QED) is 0.0432. The fraction of sp³-hybridized carbons (Fsp3) is 0.660. The number of carbonyl (C=O) groups is 11. The summed E-state index contributed by atoms with van der Waals surface area (Å²) >= 11 is 0. The Bertz CT molecular complexity index is 2250. The smallest absolute Gasteiger partial charge is 0.245 e. The van der Waals surface area contributed by atoms with E-state index >= 15 is 0 Å². The molecule has 1 fully saturated rings. The van der Waals surface area contributed by atoms with Crippen LogP contribution in [0.25, 0.3) is 0 Å². The third kappa shape index (κ3) is 24.0. The van der Waals surface area contributed by atoms with Crippen LogP contribution in [0.2, 0.25) is 0 Å². The lowest BCUT2D eigenvalue weighted by molar-refractivity contribution is -0.137. The van der Waals surface area contributed by atoms with E-state index in [0.717, 1.165) is 6.92 Å². The summed E-state index contributed by atoms with van der Waals surface area (Å²) in [6.45, 7) is 3.74. The van der Waals surface area contributed by atoms with Crippen LogP contribution in [0.1, 0.15) is 78.2 Å². The van der Waals surface area contributed by atoms with Crippen molar-refractivity contribution in [1.82, 2.24) is 58.5 Å². The Morgan fingerprint density at radius 2 is 1.02 bits per heavy atom. The second-order valence-corrected chi connectivity index (χ2v) is 20.0. The van der Waals surface area contributed by atoms with Crippen molar-refractivity contribution in [2.24, 2.45) is 40.3 Å². The summed E-state index contributed by atoms with van der Waals surface area (Å²) in [6, 6.07) is -8.14. The van der Waals surface area contributed by atoms with E-state index in [-0.39, 0.29) is 83.6 Å². The van der Waals surface area contributed by atoms with Crippen LogP contribution in [0.5, 0.6) is 0 Å². The zero-order chi connectivity index (χ0) is 60.9. The summed E-state index contributed by atoms with van der Waals surface area (Å²) < 4.78 is 0. The highest BCUT2D eigenvalue weighted by Crippen LogP contribution is 2.11. The number of hydrogen-bond donors (Lipinski definition) is 20. The van der Waals surface area contributed by atoms with E-state index in [4.69, 9.17) is 34.4 Å². The Hall–Kier alpha value is -6.97. The van der Waals surface area contributed by atoms with Crippen molar-refractivity contribution in [1.29, 1.82) is 0 Å². The highest BCUT2D eigenvalue weighted by atomic mass is 16.3. The van der Waals surface area contributed by atoms with Crippen molar-refractivity contribution >= 4 is 65.0 Å². The van der Waals surface area contributed by atoms with E-state index in [2.05, 4.69) is 58.5 Å². The lowest BCUT2D eigenvalue weighted by Crippen LogP contribution is -2.62. The van der Waals surface area contributed by atoms with Gasteiger partial charge in [-0.2, -0.15) is 0 Å². The minimum absolute atomic E-state index is 0.0350. The van der Waals surface area contributed by atoms with Crippen molar-refractivity contribution in [3.63, 3.8) is 0 Å². The van der Waals surface area contributed by atoms with Crippen LogP contribution in [0.3, 0.4) is 0 Å². The van der Waals surface area contributed by atoms with Gasteiger partial charge in [-0.15, -0.1) is 0 Å². The third-order valence-corrected chi connectivity index (χ3v) is 12.7. The molecule has 13 atom stereocenters. The van der Waals surface area contributed by atoms with Crippen LogP contribution in [-0.4, -0.2) is 205 Å². The Morgan fingerprint density at radius 3 is 1.51 bits per heavy atom. The number of aliphatic hydroxyl groups is 3. The fourth-order valence-corrected chi connectivity index (χ4v) is 8.23. The molecule has 0 aromatic heterocycles. The molecule has 1 aromatic rings. The first-order valence-corrected chi connectivity index (χ1v) is 26.9. The van der Waals surface area contributed by atoms with Gasteiger partial charge in [0.25, 0.3) is 0 Å². The maximum absolute atomic E-state index is 14.5. The summed E-state index contributed by atoms with van der Waals surface area (Å²) in [7, 11) is 0. The predicted octanol–water partition coefficient (Wildman–Crippen LogP) is -9.53. The van der Waals surface area contributed by atoms with E-state index in [1.807, 2.05) is 0 Å². The van der Waals surface area contributed by atoms with Gasteiger partial charge < -0.3 is 108 Å². The van der Waals surface area contributed by atoms with Crippen LogP contribution in [0.4, 0.5) is 0 Å². The number of benzene rings is 1. The Labute approximate surface area is 470 Å². The molecule has 11 amide bonds. The summed E-state index contributed by atoms with van der Waals surface area (Å²) in [5.74, 6) is -10.8. The normalized spacial score (nSPS) is 23.4. The second-order valence-electron chi connectivity index (χ2n) is 20.0. The van der Waals surface area contributed by atoms with Crippen molar-refractivity contribution in [3.8, 4) is 0 Å². The first-order valence-electron chi connectivity index (χ1n) is 26.9. The highest BCUT2D eigenvalue weighted by Gasteiger charge is 2.38. The monoisotopic (exact) mass is 1150 g/mol. The molecule has 81 heavy (non-hydrogen) atoms. The molecule has 4 unspecified atom stereocenters. The molecule has 0 aliphatic carbocycles. The molecule has 456 valence electrons. The summed E-state index contributed by atoms with van der Waals surface area (Å²) in [5, 5.41) is 58.0. The van der Waals surface area contributed by atoms with Gasteiger partial charge in [-0.1, -0.05) is 44.2 Å². The topological polar surface area (TPSA) is 537 Å². The van der Waals surface area contributed by atoms with Gasteiger partial charge in [0.15, 0.2) is 0 Å². The molecular formula is C50H87N17O14. The lowest BCUT2D eigenvalue weighted by Gasteiger charge is -2.29. The average Bonchev–Trinajstić information content (AvgIpc) is 3.43. The zero-order valence-corrected chi connectivity index (χ0v) is 46.4. The molecule has 2 rings (SSSR count). The van der Waals surface area contributed by atoms with E-state index in [1.54, 1.807) is 44.2 Å². The summed E-state index contributed by atoms with van der Waals surface area (Å²) in [6.07, 6.45) is -4.85. The Morgan fingerprint density at radius 1 is 0.568 bits per heavy atom. The second kappa shape index (κ2) is 36.4. The van der Waals surface area contributed by atoms with Crippen LogP contribution in [-0.2, 0) is 59.2 Å². The minimum atomic E-state index is -1.78. The van der Waals surface area contributed by atoms with Gasteiger partial charge in [0.2, 0.25) is 65.0 Å². The molecule has 0 bridgehead atoms. The lowest BCUT2D eigenvalue weighted by atomic mass is 10.00. The number of rotatable bonds is 25.